The number of amides is 2. The maximum atomic E-state index is 12.8. The van der Waals surface area contributed by atoms with Crippen molar-refractivity contribution in [2.75, 3.05) is 18.5 Å². The van der Waals surface area contributed by atoms with Crippen LogP contribution in [0.3, 0.4) is 0 Å². The molecule has 0 heterocycles. The Morgan fingerprint density at radius 1 is 0.825 bits per heavy atom. The molecule has 0 aliphatic heterocycles. The highest BCUT2D eigenvalue weighted by atomic mass is 19.4. The number of anilines is 1. The molecule has 0 radical (unpaired) electrons. The van der Waals surface area contributed by atoms with E-state index in [0.29, 0.717) is 30.0 Å². The first kappa shape index (κ1) is 30.5. The van der Waals surface area contributed by atoms with Gasteiger partial charge in [-0.3, -0.25) is 4.79 Å². The third kappa shape index (κ3) is 8.74. The van der Waals surface area contributed by atoms with Gasteiger partial charge in [-0.1, -0.05) is 36.4 Å². The number of carbonyl (C=O) groups excluding carboxylic acids is 2. The molecule has 7 nitrogen and oxygen atoms in total. The lowest BCUT2D eigenvalue weighted by molar-refractivity contribution is -0.137. The van der Waals surface area contributed by atoms with E-state index in [0.717, 1.165) is 23.3 Å². The van der Waals surface area contributed by atoms with E-state index in [1.165, 1.54) is 19.1 Å². The quantitative estimate of drug-likeness (QED) is 0.290. The average molecular weight is 559 g/mol. The molecule has 0 fully saturated rings. The molecule has 3 rings (SSSR count). The Kier molecular flexibility index (Phi) is 9.47. The van der Waals surface area contributed by atoms with Crippen molar-refractivity contribution in [1.29, 1.82) is 0 Å². The van der Waals surface area contributed by atoms with Crippen LogP contribution >= 0.6 is 0 Å². The summed E-state index contributed by atoms with van der Waals surface area (Å²) in [5.41, 5.74) is -0.0791. The summed E-state index contributed by atoms with van der Waals surface area (Å²) < 4.78 is 49.3. The molecule has 2 amide bonds. The van der Waals surface area contributed by atoms with Crippen molar-refractivity contribution in [3.8, 4) is 16.9 Å². The monoisotopic (exact) mass is 558 g/mol. The number of benzene rings is 3. The van der Waals surface area contributed by atoms with Gasteiger partial charge >= 0.3 is 12.3 Å². The van der Waals surface area contributed by atoms with Crippen LogP contribution in [-0.2, 0) is 22.1 Å². The highest BCUT2D eigenvalue weighted by molar-refractivity contribution is 5.99. The molecule has 0 aliphatic rings. The molecule has 10 heteroatoms. The summed E-state index contributed by atoms with van der Waals surface area (Å²) in [5, 5.41) is 14.8. The predicted octanol–water partition coefficient (Wildman–Crippen LogP) is 6.21. The number of alkyl halides is 3. The van der Waals surface area contributed by atoms with E-state index >= 15 is 0 Å². The Hall–Kier alpha value is -4.05. The van der Waals surface area contributed by atoms with E-state index in [4.69, 9.17) is 9.47 Å². The van der Waals surface area contributed by atoms with Crippen molar-refractivity contribution in [1.82, 2.24) is 5.32 Å². The molecule has 214 valence electrons. The first-order valence-corrected chi connectivity index (χ1v) is 12.6. The number of hydrogen-bond donors (Lipinski definition) is 3. The van der Waals surface area contributed by atoms with Crippen molar-refractivity contribution < 1.29 is 37.3 Å². The number of alkyl carbamates (subject to hydrolysis) is 1. The molecule has 0 aliphatic carbocycles. The predicted molar refractivity (Wildman–Crippen MR) is 146 cm³/mol. The summed E-state index contributed by atoms with van der Waals surface area (Å²) in [7, 11) is 0. The van der Waals surface area contributed by atoms with E-state index in [-0.39, 0.29) is 0 Å². The van der Waals surface area contributed by atoms with Gasteiger partial charge in [0.15, 0.2) is 0 Å². The van der Waals surface area contributed by atoms with Crippen molar-refractivity contribution in [3.05, 3.63) is 83.9 Å². The van der Waals surface area contributed by atoms with Gasteiger partial charge in [0.05, 0.1) is 18.8 Å². The molecule has 0 unspecified atom stereocenters. The maximum absolute atomic E-state index is 12.8. The van der Waals surface area contributed by atoms with E-state index in [9.17, 15) is 27.9 Å². The highest BCUT2D eigenvalue weighted by Gasteiger charge is 2.36. The fraction of sp³-hybridized carbons (Fsp3) is 0.333. The highest BCUT2D eigenvalue weighted by Crippen LogP contribution is 2.31. The van der Waals surface area contributed by atoms with Crippen LogP contribution in [0.1, 0.15) is 38.8 Å². The zero-order valence-corrected chi connectivity index (χ0v) is 22.8. The molecule has 3 N–H and O–H groups in total. The smallest absolute Gasteiger partial charge is 0.416 e. The topological polar surface area (TPSA) is 96.9 Å². The van der Waals surface area contributed by atoms with Gasteiger partial charge in [-0.15, -0.1) is 0 Å². The maximum Gasteiger partial charge on any atom is 0.416 e. The standard InChI is InChI=1S/C30H33F3N2O5/c1-28(2,3)40-27(38)35-29(4,19-36)26(37)34-24-13-15-25(16-14-24)39-18-17-20-5-7-21(8-6-20)22-9-11-23(12-10-22)30(31,32)33/h5-16,36H,17-19H2,1-4H3,(H,34,37)(H,35,38)/t29-/m0/s1. The lowest BCUT2D eigenvalue weighted by Crippen LogP contribution is -2.58. The number of nitrogens with one attached hydrogen (secondary N) is 2. The summed E-state index contributed by atoms with van der Waals surface area (Å²) in [6.45, 7) is 6.21. The Labute approximate surface area is 231 Å². The lowest BCUT2D eigenvalue weighted by atomic mass is 10.0. The zero-order chi connectivity index (χ0) is 29.6. The van der Waals surface area contributed by atoms with Gasteiger partial charge in [0.1, 0.15) is 16.9 Å². The second-order valence-electron chi connectivity index (χ2n) is 10.5. The first-order chi connectivity index (χ1) is 18.7. The van der Waals surface area contributed by atoms with Crippen LogP contribution in [0.15, 0.2) is 72.8 Å². The van der Waals surface area contributed by atoms with Gasteiger partial charge in [-0.2, -0.15) is 13.2 Å². The summed E-state index contributed by atoms with van der Waals surface area (Å²) in [6.07, 6.45) is -4.58. The van der Waals surface area contributed by atoms with Crippen LogP contribution in [0.2, 0.25) is 0 Å². The van der Waals surface area contributed by atoms with Gasteiger partial charge in [-0.25, -0.2) is 4.79 Å². The van der Waals surface area contributed by atoms with Crippen LogP contribution < -0.4 is 15.4 Å². The molecule has 0 aromatic heterocycles. The summed E-state index contributed by atoms with van der Waals surface area (Å²) in [5.74, 6) is -0.0366. The minimum atomic E-state index is -4.36. The second-order valence-corrected chi connectivity index (χ2v) is 10.5. The first-order valence-electron chi connectivity index (χ1n) is 12.6. The summed E-state index contributed by atoms with van der Waals surface area (Å²) in [6, 6.07) is 19.2. The number of hydrogen-bond acceptors (Lipinski definition) is 5. The van der Waals surface area contributed by atoms with Crippen LogP contribution in [0, 0.1) is 0 Å². The van der Waals surface area contributed by atoms with Crippen molar-refractivity contribution in [2.24, 2.45) is 0 Å². The molecular weight excluding hydrogens is 525 g/mol. The molecule has 0 saturated heterocycles. The van der Waals surface area contributed by atoms with Gasteiger partial charge in [0.2, 0.25) is 0 Å². The molecule has 1 atom stereocenters. The fourth-order valence-corrected chi connectivity index (χ4v) is 3.60. The molecule has 40 heavy (non-hydrogen) atoms. The van der Waals surface area contributed by atoms with E-state index in [1.54, 1.807) is 45.0 Å². The number of carbonyl (C=O) groups is 2. The number of aliphatic hydroxyl groups is 1. The molecule has 0 spiro atoms. The van der Waals surface area contributed by atoms with Crippen LogP contribution in [-0.4, -0.2) is 41.5 Å². The zero-order valence-electron chi connectivity index (χ0n) is 22.8. The largest absolute Gasteiger partial charge is 0.493 e. The normalized spacial score (nSPS) is 13.2. The minimum Gasteiger partial charge on any atom is -0.493 e. The number of ether oxygens (including phenoxy) is 2. The van der Waals surface area contributed by atoms with E-state index < -0.39 is 41.5 Å². The van der Waals surface area contributed by atoms with Crippen LogP contribution in [0.25, 0.3) is 11.1 Å². The van der Waals surface area contributed by atoms with Gasteiger partial charge in [0, 0.05) is 12.1 Å². The van der Waals surface area contributed by atoms with Gasteiger partial charge in [-0.05, 0) is 80.8 Å². The number of rotatable bonds is 9. The van der Waals surface area contributed by atoms with Crippen LogP contribution in [0.4, 0.5) is 23.7 Å². The third-order valence-corrected chi connectivity index (χ3v) is 5.87. The van der Waals surface area contributed by atoms with Gasteiger partial charge < -0.3 is 25.2 Å². The third-order valence-electron chi connectivity index (χ3n) is 5.87. The van der Waals surface area contributed by atoms with Crippen molar-refractivity contribution >= 4 is 17.7 Å². The molecule has 0 saturated carbocycles. The van der Waals surface area contributed by atoms with Gasteiger partial charge in [0.25, 0.3) is 5.91 Å². The number of halogens is 3. The Bertz CT molecular complexity index is 1290. The molecule has 0 bridgehead atoms. The fourth-order valence-electron chi connectivity index (χ4n) is 3.60. The minimum absolute atomic E-state index is 0.383. The summed E-state index contributed by atoms with van der Waals surface area (Å²) in [4.78, 5) is 24.8. The molecule has 3 aromatic rings. The molecular formula is C30H33F3N2O5. The van der Waals surface area contributed by atoms with Crippen LogP contribution in [0.5, 0.6) is 5.75 Å². The van der Waals surface area contributed by atoms with Crippen molar-refractivity contribution in [2.45, 2.75) is 51.4 Å². The Morgan fingerprint density at radius 2 is 1.38 bits per heavy atom. The second kappa shape index (κ2) is 12.4. The van der Waals surface area contributed by atoms with Crippen molar-refractivity contribution in [3.63, 3.8) is 0 Å². The van der Waals surface area contributed by atoms with E-state index in [1.807, 2.05) is 24.3 Å². The lowest BCUT2D eigenvalue weighted by Gasteiger charge is -2.29. The Morgan fingerprint density at radius 3 is 1.88 bits per heavy atom. The Balaban J connectivity index is 1.50. The summed E-state index contributed by atoms with van der Waals surface area (Å²) >= 11 is 0. The average Bonchev–Trinajstić information content (AvgIpc) is 2.88. The molecule has 3 aromatic carbocycles. The SMILES string of the molecule is CC(C)(C)OC(=O)N[C@@](C)(CO)C(=O)Nc1ccc(OCCc2ccc(-c3ccc(C(F)(F)F)cc3)cc2)cc1. The number of aliphatic hydroxyl groups excluding tert-OH is 1. The van der Waals surface area contributed by atoms with E-state index in [2.05, 4.69) is 10.6 Å².